The average molecular weight is 294 g/mol. The Morgan fingerprint density at radius 3 is 2.62 bits per heavy atom. The van der Waals surface area contributed by atoms with Gasteiger partial charge in [-0.05, 0) is 27.7 Å². The first-order chi connectivity index (χ1) is 7.40. The van der Waals surface area contributed by atoms with Crippen LogP contribution in [0.3, 0.4) is 0 Å². The van der Waals surface area contributed by atoms with E-state index in [-0.39, 0.29) is 5.60 Å². The molecule has 16 heavy (non-hydrogen) atoms. The molecule has 0 saturated carbocycles. The van der Waals surface area contributed by atoms with Gasteiger partial charge in [-0.2, -0.15) is 0 Å². The van der Waals surface area contributed by atoms with Crippen LogP contribution >= 0.6 is 15.9 Å². The molecule has 2 unspecified atom stereocenters. The lowest BCUT2D eigenvalue weighted by atomic mass is 10.2. The lowest BCUT2D eigenvalue weighted by molar-refractivity contribution is -0.0792. The van der Waals surface area contributed by atoms with Gasteiger partial charge in [0.15, 0.2) is 0 Å². The molecule has 2 atom stereocenters. The lowest BCUT2D eigenvalue weighted by Gasteiger charge is -2.36. The van der Waals surface area contributed by atoms with Crippen LogP contribution in [-0.4, -0.2) is 54.3 Å². The number of ether oxygens (including phenoxy) is 2. The average Bonchev–Trinajstić information content (AvgIpc) is 2.14. The van der Waals surface area contributed by atoms with Gasteiger partial charge < -0.3 is 9.47 Å². The smallest absolute Gasteiger partial charge is 0.0802 e. The van der Waals surface area contributed by atoms with Crippen molar-refractivity contribution in [3.8, 4) is 0 Å². The van der Waals surface area contributed by atoms with E-state index in [1.807, 2.05) is 0 Å². The third kappa shape index (κ3) is 5.62. The standard InChI is InChI=1S/C12H24BrNO2/c1-10-8-14(9-11(7-13)16-10)5-6-15-12(2,3)4/h10-11H,5-9H2,1-4H3. The quantitative estimate of drug-likeness (QED) is 0.743. The van der Waals surface area contributed by atoms with Crippen LogP contribution in [0.15, 0.2) is 0 Å². The summed E-state index contributed by atoms with van der Waals surface area (Å²) in [6.45, 7) is 12.2. The monoisotopic (exact) mass is 293 g/mol. The van der Waals surface area contributed by atoms with Gasteiger partial charge in [0.2, 0.25) is 0 Å². The summed E-state index contributed by atoms with van der Waals surface area (Å²) in [5, 5.41) is 0.911. The minimum Gasteiger partial charge on any atom is -0.375 e. The van der Waals surface area contributed by atoms with Gasteiger partial charge in [0.05, 0.1) is 24.4 Å². The van der Waals surface area contributed by atoms with E-state index in [0.717, 1.165) is 31.6 Å². The Hall–Kier alpha value is 0.360. The second kappa shape index (κ2) is 6.34. The van der Waals surface area contributed by atoms with Crippen LogP contribution in [0.25, 0.3) is 0 Å². The molecular weight excluding hydrogens is 270 g/mol. The zero-order chi connectivity index (χ0) is 12.2. The predicted molar refractivity (Wildman–Crippen MR) is 70.3 cm³/mol. The van der Waals surface area contributed by atoms with Crippen molar-refractivity contribution in [2.24, 2.45) is 0 Å². The summed E-state index contributed by atoms with van der Waals surface area (Å²) < 4.78 is 11.5. The largest absolute Gasteiger partial charge is 0.375 e. The Balaban J connectivity index is 2.26. The molecule has 0 aliphatic carbocycles. The zero-order valence-corrected chi connectivity index (χ0v) is 12.4. The second-order valence-corrected chi connectivity index (χ2v) is 6.09. The number of alkyl halides is 1. The van der Waals surface area contributed by atoms with Crippen molar-refractivity contribution in [1.29, 1.82) is 0 Å². The summed E-state index contributed by atoms with van der Waals surface area (Å²) in [7, 11) is 0. The van der Waals surface area contributed by atoms with Crippen molar-refractivity contribution in [2.75, 3.05) is 31.6 Å². The Bertz CT molecular complexity index is 206. The maximum Gasteiger partial charge on any atom is 0.0802 e. The summed E-state index contributed by atoms with van der Waals surface area (Å²) >= 11 is 3.48. The molecule has 0 aromatic rings. The van der Waals surface area contributed by atoms with Gasteiger partial charge in [0.1, 0.15) is 0 Å². The highest BCUT2D eigenvalue weighted by Gasteiger charge is 2.24. The summed E-state index contributed by atoms with van der Waals surface area (Å²) in [6, 6.07) is 0. The van der Waals surface area contributed by atoms with Gasteiger partial charge >= 0.3 is 0 Å². The fraction of sp³-hybridized carbons (Fsp3) is 1.00. The van der Waals surface area contributed by atoms with Crippen molar-refractivity contribution >= 4 is 15.9 Å². The minimum atomic E-state index is -0.0350. The third-order valence-corrected chi connectivity index (χ3v) is 3.24. The van der Waals surface area contributed by atoms with Crippen molar-refractivity contribution in [2.45, 2.75) is 45.5 Å². The SMILES string of the molecule is CC1CN(CCOC(C)(C)C)CC(CBr)O1. The third-order valence-electron chi connectivity index (χ3n) is 2.52. The molecule has 4 heteroatoms. The topological polar surface area (TPSA) is 21.7 Å². The molecule has 0 N–H and O–H groups in total. The van der Waals surface area contributed by atoms with Crippen LogP contribution in [-0.2, 0) is 9.47 Å². The lowest BCUT2D eigenvalue weighted by Crippen LogP contribution is -2.48. The minimum absolute atomic E-state index is 0.0350. The number of halogens is 1. The van der Waals surface area contributed by atoms with Crippen molar-refractivity contribution < 1.29 is 9.47 Å². The maximum atomic E-state index is 5.78. The maximum absolute atomic E-state index is 5.78. The van der Waals surface area contributed by atoms with Crippen LogP contribution in [0.2, 0.25) is 0 Å². The van der Waals surface area contributed by atoms with Gasteiger partial charge in [0, 0.05) is 25.0 Å². The van der Waals surface area contributed by atoms with Gasteiger partial charge in [-0.3, -0.25) is 4.90 Å². The molecule has 0 aromatic carbocycles. The molecule has 3 nitrogen and oxygen atoms in total. The first kappa shape index (κ1) is 14.4. The molecule has 1 rings (SSSR count). The van der Waals surface area contributed by atoms with Crippen LogP contribution < -0.4 is 0 Å². The van der Waals surface area contributed by atoms with E-state index in [1.165, 1.54) is 0 Å². The Morgan fingerprint density at radius 2 is 2.06 bits per heavy atom. The Kier molecular flexibility index (Phi) is 5.71. The van der Waals surface area contributed by atoms with Crippen LogP contribution in [0.4, 0.5) is 0 Å². The molecule has 0 bridgehead atoms. The van der Waals surface area contributed by atoms with E-state index in [1.54, 1.807) is 0 Å². The highest BCUT2D eigenvalue weighted by molar-refractivity contribution is 9.09. The van der Waals surface area contributed by atoms with Gasteiger partial charge in [-0.25, -0.2) is 0 Å². The van der Waals surface area contributed by atoms with Crippen LogP contribution in [0.1, 0.15) is 27.7 Å². The highest BCUT2D eigenvalue weighted by Crippen LogP contribution is 2.13. The Labute approximate surface area is 108 Å². The first-order valence-electron chi connectivity index (χ1n) is 5.98. The fourth-order valence-corrected chi connectivity index (χ4v) is 2.25. The molecule has 1 saturated heterocycles. The van der Waals surface area contributed by atoms with E-state index >= 15 is 0 Å². The van der Waals surface area contributed by atoms with E-state index < -0.39 is 0 Å². The van der Waals surface area contributed by atoms with Crippen molar-refractivity contribution in [3.05, 3.63) is 0 Å². The second-order valence-electron chi connectivity index (χ2n) is 5.44. The van der Waals surface area contributed by atoms with Gasteiger partial charge in [-0.15, -0.1) is 0 Å². The molecular formula is C12H24BrNO2. The zero-order valence-electron chi connectivity index (χ0n) is 10.8. The summed E-state index contributed by atoms with van der Waals surface area (Å²) in [6.07, 6.45) is 0.643. The number of hydrogen-bond donors (Lipinski definition) is 0. The summed E-state index contributed by atoms with van der Waals surface area (Å²) in [5.41, 5.74) is -0.0350. The molecule has 0 aromatic heterocycles. The van der Waals surface area contributed by atoms with Crippen LogP contribution in [0, 0.1) is 0 Å². The molecule has 1 aliphatic rings. The molecule has 0 radical (unpaired) electrons. The van der Waals surface area contributed by atoms with E-state index in [2.05, 4.69) is 48.5 Å². The predicted octanol–water partition coefficient (Wildman–Crippen LogP) is 2.29. The van der Waals surface area contributed by atoms with E-state index in [0.29, 0.717) is 12.2 Å². The molecule has 1 aliphatic heterocycles. The molecule has 0 spiro atoms. The normalized spacial score (nSPS) is 28.3. The molecule has 1 heterocycles. The van der Waals surface area contributed by atoms with Gasteiger partial charge in [0.25, 0.3) is 0 Å². The highest BCUT2D eigenvalue weighted by atomic mass is 79.9. The first-order valence-corrected chi connectivity index (χ1v) is 7.10. The number of rotatable bonds is 4. The Morgan fingerprint density at radius 1 is 1.38 bits per heavy atom. The van der Waals surface area contributed by atoms with Crippen molar-refractivity contribution in [3.63, 3.8) is 0 Å². The van der Waals surface area contributed by atoms with E-state index in [9.17, 15) is 0 Å². The fourth-order valence-electron chi connectivity index (χ4n) is 1.89. The molecule has 1 fully saturated rings. The van der Waals surface area contributed by atoms with Gasteiger partial charge in [-0.1, -0.05) is 15.9 Å². The van der Waals surface area contributed by atoms with Crippen LogP contribution in [0.5, 0.6) is 0 Å². The summed E-state index contributed by atoms with van der Waals surface area (Å²) in [4.78, 5) is 2.42. The van der Waals surface area contributed by atoms with Crippen molar-refractivity contribution in [1.82, 2.24) is 4.90 Å². The molecule has 96 valence electrons. The summed E-state index contributed by atoms with van der Waals surface area (Å²) in [5.74, 6) is 0. The van der Waals surface area contributed by atoms with E-state index in [4.69, 9.17) is 9.47 Å². The number of nitrogens with zero attached hydrogens (tertiary/aromatic N) is 1. The number of morpholine rings is 1. The number of hydrogen-bond acceptors (Lipinski definition) is 3. The molecule has 0 amide bonds.